The second-order valence-corrected chi connectivity index (χ2v) is 6.36. The van der Waals surface area contributed by atoms with Gasteiger partial charge in [-0.3, -0.25) is 4.68 Å². The van der Waals surface area contributed by atoms with Gasteiger partial charge in [0.2, 0.25) is 0 Å². The molecule has 0 aliphatic heterocycles. The summed E-state index contributed by atoms with van der Waals surface area (Å²) in [6.45, 7) is 7.92. The van der Waals surface area contributed by atoms with Gasteiger partial charge in [0.25, 0.3) is 0 Å². The molecule has 2 rings (SSSR count). The molecule has 0 saturated carbocycles. The Kier molecular flexibility index (Phi) is 5.95. The Labute approximate surface area is 143 Å². The highest BCUT2D eigenvalue weighted by molar-refractivity contribution is 5.79. The van der Waals surface area contributed by atoms with E-state index in [1.807, 2.05) is 46.0 Å². The molecule has 130 valence electrons. The average Bonchev–Trinajstić information content (AvgIpc) is 2.95. The standard InChI is InChI=1S/C18H26FN5/c1-5-20-17(21-12-14-10-11-23-24(14)4)22-13-18(2,3)15-8-6-7-9-16(15)19/h6-11H,5,12-13H2,1-4H3,(H2,20,21,22). The van der Waals surface area contributed by atoms with Crippen molar-refractivity contribution in [3.8, 4) is 0 Å². The van der Waals surface area contributed by atoms with E-state index in [2.05, 4.69) is 20.7 Å². The lowest BCUT2D eigenvalue weighted by atomic mass is 9.84. The number of aryl methyl sites for hydroxylation is 1. The minimum atomic E-state index is -0.353. The predicted molar refractivity (Wildman–Crippen MR) is 95.5 cm³/mol. The van der Waals surface area contributed by atoms with Crippen LogP contribution in [0.2, 0.25) is 0 Å². The molecule has 0 spiro atoms. The van der Waals surface area contributed by atoms with Crippen LogP contribution in [0.5, 0.6) is 0 Å². The zero-order valence-corrected chi connectivity index (χ0v) is 14.8. The highest BCUT2D eigenvalue weighted by atomic mass is 19.1. The topological polar surface area (TPSA) is 54.2 Å². The minimum absolute atomic E-state index is 0.180. The number of guanidine groups is 1. The number of benzene rings is 1. The molecule has 24 heavy (non-hydrogen) atoms. The molecule has 0 atom stereocenters. The highest BCUT2D eigenvalue weighted by Gasteiger charge is 2.24. The molecule has 0 bridgehead atoms. The molecule has 0 saturated heterocycles. The van der Waals surface area contributed by atoms with Crippen molar-refractivity contribution < 1.29 is 4.39 Å². The Bertz CT molecular complexity index is 690. The Morgan fingerprint density at radius 2 is 2.00 bits per heavy atom. The van der Waals surface area contributed by atoms with Crippen molar-refractivity contribution in [2.24, 2.45) is 12.0 Å². The van der Waals surface area contributed by atoms with E-state index in [9.17, 15) is 4.39 Å². The van der Waals surface area contributed by atoms with E-state index in [1.54, 1.807) is 16.9 Å². The maximum atomic E-state index is 14.1. The van der Waals surface area contributed by atoms with Gasteiger partial charge in [0.15, 0.2) is 5.96 Å². The van der Waals surface area contributed by atoms with Crippen molar-refractivity contribution in [3.05, 3.63) is 53.6 Å². The Balaban J connectivity index is 2.05. The van der Waals surface area contributed by atoms with Crippen molar-refractivity contribution >= 4 is 5.96 Å². The average molecular weight is 331 g/mol. The summed E-state index contributed by atoms with van der Waals surface area (Å²) < 4.78 is 15.9. The Morgan fingerprint density at radius 1 is 1.25 bits per heavy atom. The third kappa shape index (κ3) is 4.57. The molecule has 0 unspecified atom stereocenters. The summed E-state index contributed by atoms with van der Waals surface area (Å²) in [5.74, 6) is 0.532. The van der Waals surface area contributed by atoms with E-state index in [1.165, 1.54) is 6.07 Å². The lowest BCUT2D eigenvalue weighted by molar-refractivity contribution is 0.473. The summed E-state index contributed by atoms with van der Waals surface area (Å²) in [6, 6.07) is 8.84. The van der Waals surface area contributed by atoms with E-state index in [-0.39, 0.29) is 11.2 Å². The molecule has 0 aliphatic carbocycles. The van der Waals surface area contributed by atoms with Gasteiger partial charge in [-0.05, 0) is 24.6 Å². The van der Waals surface area contributed by atoms with Gasteiger partial charge in [0, 0.05) is 31.7 Å². The third-order valence-electron chi connectivity index (χ3n) is 3.97. The van der Waals surface area contributed by atoms with E-state index >= 15 is 0 Å². The summed E-state index contributed by atoms with van der Waals surface area (Å²) in [5.41, 5.74) is 1.37. The van der Waals surface area contributed by atoms with Crippen LogP contribution in [0, 0.1) is 5.82 Å². The number of rotatable bonds is 6. The second-order valence-electron chi connectivity index (χ2n) is 6.36. The van der Waals surface area contributed by atoms with Crippen molar-refractivity contribution in [1.29, 1.82) is 0 Å². The summed E-state index contributed by atoms with van der Waals surface area (Å²) >= 11 is 0. The van der Waals surface area contributed by atoms with Crippen LogP contribution in [0.15, 0.2) is 41.5 Å². The number of halogens is 1. The predicted octanol–water partition coefficient (Wildman–Crippen LogP) is 2.59. The monoisotopic (exact) mass is 331 g/mol. The van der Waals surface area contributed by atoms with Crippen LogP contribution in [0.25, 0.3) is 0 Å². The highest BCUT2D eigenvalue weighted by Crippen LogP contribution is 2.24. The van der Waals surface area contributed by atoms with Crippen molar-refractivity contribution in [1.82, 2.24) is 20.4 Å². The fourth-order valence-electron chi connectivity index (χ4n) is 2.47. The molecule has 0 aliphatic rings. The van der Waals surface area contributed by atoms with Gasteiger partial charge >= 0.3 is 0 Å². The maximum Gasteiger partial charge on any atom is 0.191 e. The SMILES string of the molecule is CCNC(=NCc1ccnn1C)NCC(C)(C)c1ccccc1F. The molecule has 2 N–H and O–H groups in total. The number of aromatic nitrogens is 2. The van der Waals surface area contributed by atoms with Crippen LogP contribution in [0.1, 0.15) is 32.0 Å². The van der Waals surface area contributed by atoms with Gasteiger partial charge in [0.05, 0.1) is 12.2 Å². The molecule has 2 aromatic rings. The van der Waals surface area contributed by atoms with Crippen LogP contribution in [0.3, 0.4) is 0 Å². The van der Waals surface area contributed by atoms with Crippen molar-refractivity contribution in [3.63, 3.8) is 0 Å². The first-order valence-corrected chi connectivity index (χ1v) is 8.18. The zero-order chi connectivity index (χ0) is 17.6. The second kappa shape index (κ2) is 7.95. The molecule has 6 heteroatoms. The first kappa shape index (κ1) is 18.0. The quantitative estimate of drug-likeness (QED) is 0.632. The van der Waals surface area contributed by atoms with Gasteiger partial charge in [-0.15, -0.1) is 0 Å². The summed E-state index contributed by atoms with van der Waals surface area (Å²) in [5, 5.41) is 10.7. The molecular formula is C18H26FN5. The first-order valence-electron chi connectivity index (χ1n) is 8.18. The van der Waals surface area contributed by atoms with E-state index in [4.69, 9.17) is 0 Å². The smallest absolute Gasteiger partial charge is 0.191 e. The fraction of sp³-hybridized carbons (Fsp3) is 0.444. The molecule has 1 aromatic carbocycles. The van der Waals surface area contributed by atoms with Crippen LogP contribution in [-0.4, -0.2) is 28.8 Å². The minimum Gasteiger partial charge on any atom is -0.357 e. The van der Waals surface area contributed by atoms with E-state index in [0.29, 0.717) is 24.6 Å². The molecule has 0 radical (unpaired) electrons. The van der Waals surface area contributed by atoms with E-state index < -0.39 is 0 Å². The number of aliphatic imine (C=N–C) groups is 1. The number of nitrogens with zero attached hydrogens (tertiary/aromatic N) is 3. The first-order chi connectivity index (χ1) is 11.4. The number of hydrogen-bond donors (Lipinski definition) is 2. The fourth-order valence-corrected chi connectivity index (χ4v) is 2.47. The normalized spacial score (nSPS) is 12.3. The van der Waals surface area contributed by atoms with E-state index in [0.717, 1.165) is 12.2 Å². The molecule has 1 heterocycles. The largest absolute Gasteiger partial charge is 0.357 e. The van der Waals surface area contributed by atoms with Gasteiger partial charge in [-0.2, -0.15) is 5.10 Å². The molecule has 1 aromatic heterocycles. The summed E-state index contributed by atoms with van der Waals surface area (Å²) in [4.78, 5) is 4.58. The Hall–Kier alpha value is -2.37. The molecular weight excluding hydrogens is 305 g/mol. The van der Waals surface area contributed by atoms with Crippen LogP contribution >= 0.6 is 0 Å². The van der Waals surface area contributed by atoms with Crippen molar-refractivity contribution in [2.45, 2.75) is 32.7 Å². The van der Waals surface area contributed by atoms with Crippen molar-refractivity contribution in [2.75, 3.05) is 13.1 Å². The molecule has 0 fully saturated rings. The van der Waals surface area contributed by atoms with Crippen LogP contribution in [0.4, 0.5) is 4.39 Å². The third-order valence-corrected chi connectivity index (χ3v) is 3.97. The maximum absolute atomic E-state index is 14.1. The number of hydrogen-bond acceptors (Lipinski definition) is 2. The van der Waals surface area contributed by atoms with Crippen LogP contribution < -0.4 is 10.6 Å². The van der Waals surface area contributed by atoms with Gasteiger partial charge < -0.3 is 10.6 Å². The lowest BCUT2D eigenvalue weighted by Gasteiger charge is -2.27. The Morgan fingerprint density at radius 3 is 2.62 bits per heavy atom. The number of nitrogens with one attached hydrogen (secondary N) is 2. The van der Waals surface area contributed by atoms with Gasteiger partial charge in [-0.25, -0.2) is 9.38 Å². The van der Waals surface area contributed by atoms with Gasteiger partial charge in [-0.1, -0.05) is 32.0 Å². The van der Waals surface area contributed by atoms with Crippen LogP contribution in [-0.2, 0) is 19.0 Å². The summed E-state index contributed by atoms with van der Waals surface area (Å²) in [6.07, 6.45) is 1.76. The molecule has 5 nitrogen and oxygen atoms in total. The lowest BCUT2D eigenvalue weighted by Crippen LogP contribution is -2.43. The van der Waals surface area contributed by atoms with Gasteiger partial charge in [0.1, 0.15) is 5.82 Å². The molecule has 0 amide bonds. The zero-order valence-electron chi connectivity index (χ0n) is 14.8. The summed E-state index contributed by atoms with van der Waals surface area (Å²) in [7, 11) is 1.90.